The monoisotopic (exact) mass is 548 g/mol. The molecule has 216 valence electrons. The molecule has 7 heteroatoms. The lowest BCUT2D eigenvalue weighted by molar-refractivity contribution is -0.143. The van der Waals surface area contributed by atoms with Gasteiger partial charge in [-0.3, -0.25) is 9.59 Å². The highest BCUT2D eigenvalue weighted by Crippen LogP contribution is 2.52. The Hall–Kier alpha value is -3.35. The van der Waals surface area contributed by atoms with Crippen molar-refractivity contribution in [3.8, 4) is 0 Å². The maximum absolute atomic E-state index is 13.8. The van der Waals surface area contributed by atoms with E-state index in [1.807, 2.05) is 56.9 Å². The van der Waals surface area contributed by atoms with Gasteiger partial charge in [-0.1, -0.05) is 54.6 Å². The van der Waals surface area contributed by atoms with Gasteiger partial charge in [0.25, 0.3) is 0 Å². The van der Waals surface area contributed by atoms with Crippen molar-refractivity contribution >= 4 is 18.0 Å². The third-order valence-electron chi connectivity index (χ3n) is 8.15. The van der Waals surface area contributed by atoms with Crippen LogP contribution in [0.1, 0.15) is 88.8 Å². The van der Waals surface area contributed by atoms with Gasteiger partial charge < -0.3 is 19.7 Å². The van der Waals surface area contributed by atoms with Gasteiger partial charge in [0.05, 0.1) is 13.0 Å². The highest BCUT2D eigenvalue weighted by Gasteiger charge is 2.46. The molecular weight excluding hydrogens is 504 g/mol. The molecule has 2 aromatic rings. The summed E-state index contributed by atoms with van der Waals surface area (Å²) in [5.74, 6) is -0.0706. The molecule has 0 radical (unpaired) electrons. The molecule has 2 atom stereocenters. The molecule has 7 nitrogen and oxygen atoms in total. The number of amides is 2. The number of esters is 1. The Morgan fingerprint density at radius 2 is 1.70 bits per heavy atom. The van der Waals surface area contributed by atoms with Crippen molar-refractivity contribution in [2.75, 3.05) is 19.7 Å². The van der Waals surface area contributed by atoms with Crippen molar-refractivity contribution in [1.29, 1.82) is 0 Å². The van der Waals surface area contributed by atoms with Crippen LogP contribution in [-0.2, 0) is 30.9 Å². The predicted molar refractivity (Wildman–Crippen MR) is 155 cm³/mol. The first-order chi connectivity index (χ1) is 19.1. The summed E-state index contributed by atoms with van der Waals surface area (Å²) < 4.78 is 10.7. The Balaban J connectivity index is 1.42. The van der Waals surface area contributed by atoms with Crippen LogP contribution in [0.3, 0.4) is 0 Å². The van der Waals surface area contributed by atoms with Gasteiger partial charge in [-0.25, -0.2) is 4.79 Å². The van der Waals surface area contributed by atoms with E-state index in [-0.39, 0.29) is 23.2 Å². The van der Waals surface area contributed by atoms with Gasteiger partial charge in [0.1, 0.15) is 11.6 Å². The van der Waals surface area contributed by atoms with E-state index in [9.17, 15) is 14.4 Å². The van der Waals surface area contributed by atoms with Crippen molar-refractivity contribution in [1.82, 2.24) is 10.2 Å². The zero-order valence-electron chi connectivity index (χ0n) is 24.4. The first-order valence-corrected chi connectivity index (χ1v) is 14.7. The molecule has 2 aromatic carbocycles. The highest BCUT2D eigenvalue weighted by atomic mass is 16.6. The molecule has 0 aromatic heterocycles. The number of fused-ring (bicyclic) bond motifs is 2. The number of benzene rings is 2. The Morgan fingerprint density at radius 1 is 1.02 bits per heavy atom. The van der Waals surface area contributed by atoms with E-state index >= 15 is 0 Å². The van der Waals surface area contributed by atoms with Crippen LogP contribution in [0.4, 0.5) is 4.79 Å². The number of aryl methyl sites for hydroxylation is 1. The molecule has 0 saturated carbocycles. The van der Waals surface area contributed by atoms with Crippen molar-refractivity contribution in [3.05, 3.63) is 71.3 Å². The van der Waals surface area contributed by atoms with Crippen LogP contribution in [0.2, 0.25) is 0 Å². The van der Waals surface area contributed by atoms with Gasteiger partial charge in [0.15, 0.2) is 0 Å². The second kappa shape index (κ2) is 12.9. The van der Waals surface area contributed by atoms with Gasteiger partial charge in [-0.05, 0) is 94.2 Å². The van der Waals surface area contributed by atoms with Crippen molar-refractivity contribution < 1.29 is 23.9 Å². The van der Waals surface area contributed by atoms with E-state index in [1.54, 1.807) is 0 Å². The Kier molecular flexibility index (Phi) is 9.54. The topological polar surface area (TPSA) is 84.9 Å². The summed E-state index contributed by atoms with van der Waals surface area (Å²) in [4.78, 5) is 40.7. The Morgan fingerprint density at radius 3 is 2.38 bits per heavy atom. The molecule has 1 spiro atoms. The molecule has 2 amide bonds. The van der Waals surface area contributed by atoms with Gasteiger partial charge >= 0.3 is 12.1 Å². The smallest absolute Gasteiger partial charge is 0.408 e. The van der Waals surface area contributed by atoms with Crippen LogP contribution in [0.15, 0.2) is 54.6 Å². The predicted octanol–water partition coefficient (Wildman–Crippen LogP) is 5.90. The molecule has 1 aliphatic carbocycles. The lowest BCUT2D eigenvalue weighted by Crippen LogP contribution is -2.53. The average molecular weight is 549 g/mol. The summed E-state index contributed by atoms with van der Waals surface area (Å²) in [6.07, 6.45) is 4.53. The molecule has 1 saturated heterocycles. The number of nitrogens with one attached hydrogen (secondary N) is 1. The second-order valence-electron chi connectivity index (χ2n) is 12.2. The fraction of sp³-hybridized carbons (Fsp3) is 0.545. The minimum absolute atomic E-state index is 0.0497. The van der Waals surface area contributed by atoms with Crippen molar-refractivity contribution in [3.63, 3.8) is 0 Å². The third kappa shape index (κ3) is 7.43. The minimum atomic E-state index is -0.644. The Labute approximate surface area is 238 Å². The summed E-state index contributed by atoms with van der Waals surface area (Å²) in [6.45, 7) is 8.90. The lowest BCUT2D eigenvalue weighted by Gasteiger charge is -2.41. The van der Waals surface area contributed by atoms with Gasteiger partial charge in [0, 0.05) is 13.1 Å². The van der Waals surface area contributed by atoms with Crippen LogP contribution in [-0.4, -0.2) is 54.2 Å². The number of nitrogens with zero attached hydrogens (tertiary/aromatic N) is 1. The highest BCUT2D eigenvalue weighted by molar-refractivity contribution is 5.86. The number of likely N-dealkylation sites (tertiary alicyclic amines) is 1. The number of piperidine rings is 1. The number of alkyl carbamates (subject to hydrolysis) is 1. The number of rotatable bonds is 9. The summed E-state index contributed by atoms with van der Waals surface area (Å²) in [5, 5.41) is 2.87. The SMILES string of the molecule is CCOC(=O)CC1CC2(CCN(C(=O)[C@@H](CCCc3ccccc3)NC(=O)OC(C)(C)C)CC2)c2ccccc21. The van der Waals surface area contributed by atoms with Gasteiger partial charge in [0.2, 0.25) is 5.91 Å². The largest absolute Gasteiger partial charge is 0.466 e. The van der Waals surface area contributed by atoms with Crippen LogP contribution in [0, 0.1) is 0 Å². The third-order valence-corrected chi connectivity index (χ3v) is 8.15. The minimum Gasteiger partial charge on any atom is -0.466 e. The molecule has 1 aliphatic heterocycles. The second-order valence-corrected chi connectivity index (χ2v) is 12.2. The zero-order valence-corrected chi connectivity index (χ0v) is 24.4. The molecule has 0 bridgehead atoms. The first kappa shape index (κ1) is 29.6. The molecule has 1 fully saturated rings. The quantitative estimate of drug-likeness (QED) is 0.394. The standard InChI is InChI=1S/C33H44N2O5/c1-5-39-29(36)22-25-23-33(27-16-10-9-15-26(25)27)18-20-35(21-19-33)30(37)28(34-31(38)40-32(2,3)4)17-11-14-24-12-7-6-8-13-24/h6-10,12-13,15-16,25,28H,5,11,14,17-23H2,1-4H3,(H,34,38)/t25?,28-/m1/s1. The van der Waals surface area contributed by atoms with Gasteiger partial charge in [-0.2, -0.15) is 0 Å². The molecule has 40 heavy (non-hydrogen) atoms. The first-order valence-electron chi connectivity index (χ1n) is 14.7. The number of ether oxygens (including phenoxy) is 2. The summed E-state index contributed by atoms with van der Waals surface area (Å²) in [7, 11) is 0. The molecule has 2 aliphatic rings. The molecule has 1 unspecified atom stereocenters. The summed E-state index contributed by atoms with van der Waals surface area (Å²) in [6, 6.07) is 18.0. The van der Waals surface area contributed by atoms with E-state index in [1.165, 1.54) is 16.7 Å². The summed E-state index contributed by atoms with van der Waals surface area (Å²) in [5.41, 5.74) is 3.06. The molecular formula is C33H44N2O5. The van der Waals surface area contributed by atoms with Gasteiger partial charge in [-0.15, -0.1) is 0 Å². The van der Waals surface area contributed by atoms with Crippen molar-refractivity contribution in [2.24, 2.45) is 0 Å². The van der Waals surface area contributed by atoms with E-state index in [4.69, 9.17) is 9.47 Å². The van der Waals surface area contributed by atoms with Crippen molar-refractivity contribution in [2.45, 2.75) is 95.6 Å². The number of carbonyl (C=O) groups excluding carboxylic acids is 3. The number of carbonyl (C=O) groups is 3. The van der Waals surface area contributed by atoms with Crippen LogP contribution in [0.25, 0.3) is 0 Å². The van der Waals surface area contributed by atoms with Crippen LogP contribution >= 0.6 is 0 Å². The number of hydrogen-bond donors (Lipinski definition) is 1. The summed E-state index contributed by atoms with van der Waals surface area (Å²) >= 11 is 0. The number of hydrogen-bond acceptors (Lipinski definition) is 5. The Bertz CT molecular complexity index is 1160. The maximum atomic E-state index is 13.8. The fourth-order valence-electron chi connectivity index (χ4n) is 6.34. The fourth-order valence-corrected chi connectivity index (χ4v) is 6.34. The van der Waals surface area contributed by atoms with E-state index in [0.29, 0.717) is 32.5 Å². The van der Waals surface area contributed by atoms with E-state index < -0.39 is 17.7 Å². The van der Waals surface area contributed by atoms with Crippen LogP contribution in [0.5, 0.6) is 0 Å². The maximum Gasteiger partial charge on any atom is 0.408 e. The molecule has 1 N–H and O–H groups in total. The van der Waals surface area contributed by atoms with Crippen LogP contribution < -0.4 is 5.32 Å². The molecule has 1 heterocycles. The van der Waals surface area contributed by atoms with E-state index in [2.05, 4.69) is 35.6 Å². The average Bonchev–Trinajstić information content (AvgIpc) is 3.20. The molecule has 4 rings (SSSR count). The lowest BCUT2D eigenvalue weighted by atomic mass is 9.73. The normalized spacial score (nSPS) is 18.6. The zero-order chi connectivity index (χ0) is 28.8. The van der Waals surface area contributed by atoms with E-state index in [0.717, 1.165) is 32.1 Å².